The van der Waals surface area contributed by atoms with E-state index < -0.39 is 34.3 Å². The summed E-state index contributed by atoms with van der Waals surface area (Å²) >= 11 is 0. The molecule has 1 aliphatic rings. The second-order valence-electron chi connectivity index (χ2n) is 9.04. The van der Waals surface area contributed by atoms with Gasteiger partial charge in [0.2, 0.25) is 11.6 Å². The van der Waals surface area contributed by atoms with Gasteiger partial charge in [-0.25, -0.2) is 0 Å². The third-order valence-electron chi connectivity index (χ3n) is 7.29. The Balaban J connectivity index is 2.04. The van der Waals surface area contributed by atoms with E-state index in [9.17, 15) is 29.4 Å². The second-order valence-corrected chi connectivity index (χ2v) is 9.04. The first-order valence-electron chi connectivity index (χ1n) is 11.9. The Labute approximate surface area is 200 Å². The van der Waals surface area contributed by atoms with Crippen molar-refractivity contribution in [3.05, 3.63) is 69.8 Å². The zero-order valence-electron chi connectivity index (χ0n) is 20.2. The summed E-state index contributed by atoms with van der Waals surface area (Å²) < 4.78 is 0. The molecule has 0 unspecified atom stereocenters. The summed E-state index contributed by atoms with van der Waals surface area (Å²) in [5, 5.41) is 21.3. The van der Waals surface area contributed by atoms with E-state index in [0.29, 0.717) is 24.0 Å². The summed E-state index contributed by atoms with van der Waals surface area (Å²) in [6, 6.07) is 9.34. The molecule has 2 aromatic carbocycles. The molecule has 0 fully saturated rings. The first-order chi connectivity index (χ1) is 16.0. The van der Waals surface area contributed by atoms with Crippen LogP contribution in [0.3, 0.4) is 0 Å². The Morgan fingerprint density at radius 3 is 1.29 bits per heavy atom. The number of fused-ring (bicyclic) bond motifs is 2. The van der Waals surface area contributed by atoms with Crippen molar-refractivity contribution in [1.29, 1.82) is 0 Å². The van der Waals surface area contributed by atoms with Gasteiger partial charge in [0.1, 0.15) is 11.2 Å². The Bertz CT molecular complexity index is 1060. The van der Waals surface area contributed by atoms with Crippen LogP contribution in [0.15, 0.2) is 36.4 Å². The zero-order valence-corrected chi connectivity index (χ0v) is 20.2. The standard InChI is InChI=1S/C28H32O6/c1-5-27(33,6-2)25(31)19-13-11-17-9-10-18-12-14-20(26(32)28(34,7-3)8-4)16-22(18)24(30)23(29)21(17)15-19/h11-16,33-34H,5-10H2,1-4H3. The van der Waals surface area contributed by atoms with Crippen molar-refractivity contribution >= 4 is 23.1 Å². The molecule has 0 bridgehead atoms. The molecule has 0 saturated heterocycles. The summed E-state index contributed by atoms with van der Waals surface area (Å²) in [7, 11) is 0. The van der Waals surface area contributed by atoms with Crippen LogP contribution >= 0.6 is 0 Å². The zero-order chi connectivity index (χ0) is 25.3. The molecule has 0 aromatic heterocycles. The molecule has 0 heterocycles. The minimum Gasteiger partial charge on any atom is -0.382 e. The lowest BCUT2D eigenvalue weighted by atomic mass is 9.82. The first kappa shape index (κ1) is 25.7. The number of carbonyl (C=O) groups excluding carboxylic acids is 4. The van der Waals surface area contributed by atoms with Gasteiger partial charge in [-0.3, -0.25) is 19.2 Å². The molecule has 6 nitrogen and oxygen atoms in total. The van der Waals surface area contributed by atoms with Gasteiger partial charge in [-0.15, -0.1) is 0 Å². The minimum atomic E-state index is -1.53. The quantitative estimate of drug-likeness (QED) is 0.445. The number of benzene rings is 2. The van der Waals surface area contributed by atoms with Crippen LogP contribution in [-0.4, -0.2) is 44.5 Å². The molecule has 0 atom stereocenters. The molecule has 180 valence electrons. The Morgan fingerprint density at radius 1 is 0.676 bits per heavy atom. The molecule has 2 aromatic rings. The first-order valence-corrected chi connectivity index (χ1v) is 11.9. The lowest BCUT2D eigenvalue weighted by Gasteiger charge is -2.25. The summed E-state index contributed by atoms with van der Waals surface area (Å²) in [6.45, 7) is 6.88. The highest BCUT2D eigenvalue weighted by atomic mass is 16.3. The van der Waals surface area contributed by atoms with Crippen molar-refractivity contribution in [2.45, 2.75) is 77.4 Å². The van der Waals surface area contributed by atoms with E-state index in [0.717, 1.165) is 0 Å². The molecule has 2 N–H and O–H groups in total. The van der Waals surface area contributed by atoms with Crippen molar-refractivity contribution < 1.29 is 29.4 Å². The summed E-state index contributed by atoms with van der Waals surface area (Å²) in [4.78, 5) is 52.3. The maximum absolute atomic E-state index is 13.2. The maximum atomic E-state index is 13.2. The van der Waals surface area contributed by atoms with Crippen molar-refractivity contribution in [2.24, 2.45) is 0 Å². The molecule has 0 amide bonds. The van der Waals surface area contributed by atoms with Crippen LogP contribution in [0.1, 0.15) is 106 Å². The van der Waals surface area contributed by atoms with Gasteiger partial charge in [0.05, 0.1) is 0 Å². The Hall–Kier alpha value is -2.96. The number of rotatable bonds is 8. The van der Waals surface area contributed by atoms with Gasteiger partial charge in [-0.2, -0.15) is 0 Å². The van der Waals surface area contributed by atoms with Gasteiger partial charge in [0.15, 0.2) is 11.6 Å². The maximum Gasteiger partial charge on any atom is 0.233 e. The van der Waals surface area contributed by atoms with Crippen LogP contribution in [0, 0.1) is 0 Å². The number of aryl methyl sites for hydroxylation is 2. The molecule has 6 heteroatoms. The van der Waals surface area contributed by atoms with Crippen LogP contribution in [0.4, 0.5) is 0 Å². The predicted octanol–water partition coefficient (Wildman–Crippen LogP) is 4.32. The molecule has 34 heavy (non-hydrogen) atoms. The third kappa shape index (κ3) is 4.40. The SMILES string of the molecule is CCC(O)(CC)C(=O)c1ccc2c(c1)C(=O)C(=O)c1cc(C(=O)C(O)(CC)CC)ccc1CC2. The summed E-state index contributed by atoms with van der Waals surface area (Å²) in [5.41, 5.74) is -1.08. The summed E-state index contributed by atoms with van der Waals surface area (Å²) in [6.07, 6.45) is 1.89. The normalized spacial score (nSPS) is 14.2. The van der Waals surface area contributed by atoms with Crippen LogP contribution in [-0.2, 0) is 12.8 Å². The molecule has 0 saturated carbocycles. The van der Waals surface area contributed by atoms with Crippen molar-refractivity contribution in [3.63, 3.8) is 0 Å². The molecule has 0 radical (unpaired) electrons. The number of hydrogen-bond donors (Lipinski definition) is 2. The van der Waals surface area contributed by atoms with Crippen LogP contribution in [0.5, 0.6) is 0 Å². The monoisotopic (exact) mass is 464 g/mol. The fourth-order valence-corrected chi connectivity index (χ4v) is 4.49. The molecule has 0 spiro atoms. The number of Topliss-reactive ketones (excluding diaryl/α,β-unsaturated/α-hetero) is 4. The smallest absolute Gasteiger partial charge is 0.233 e. The van der Waals surface area contributed by atoms with Crippen molar-refractivity contribution in [3.8, 4) is 0 Å². The fourth-order valence-electron chi connectivity index (χ4n) is 4.49. The highest BCUT2D eigenvalue weighted by molar-refractivity contribution is 6.50. The van der Waals surface area contributed by atoms with Crippen LogP contribution < -0.4 is 0 Å². The van der Waals surface area contributed by atoms with Gasteiger partial charge in [-0.05, 0) is 61.8 Å². The van der Waals surface area contributed by atoms with E-state index in [1.165, 1.54) is 12.1 Å². The lowest BCUT2D eigenvalue weighted by molar-refractivity contribution is 0.0277. The number of hydrogen-bond acceptors (Lipinski definition) is 6. The van der Waals surface area contributed by atoms with Gasteiger partial charge in [-0.1, -0.05) is 52.0 Å². The van der Waals surface area contributed by atoms with Crippen molar-refractivity contribution in [1.82, 2.24) is 0 Å². The van der Waals surface area contributed by atoms with E-state index in [1.807, 2.05) is 0 Å². The minimum absolute atomic E-state index is 0.145. The van der Waals surface area contributed by atoms with Gasteiger partial charge >= 0.3 is 0 Å². The van der Waals surface area contributed by atoms with Gasteiger partial charge < -0.3 is 10.2 Å². The van der Waals surface area contributed by atoms with Crippen LogP contribution in [0.25, 0.3) is 0 Å². The van der Waals surface area contributed by atoms with E-state index in [1.54, 1.807) is 52.0 Å². The Kier molecular flexibility index (Phi) is 7.34. The summed E-state index contributed by atoms with van der Waals surface area (Å²) in [5.74, 6) is -2.47. The average Bonchev–Trinajstić information content (AvgIpc) is 2.88. The van der Waals surface area contributed by atoms with Crippen molar-refractivity contribution in [2.75, 3.05) is 0 Å². The van der Waals surface area contributed by atoms with Gasteiger partial charge in [0.25, 0.3) is 0 Å². The largest absolute Gasteiger partial charge is 0.382 e. The highest BCUT2D eigenvalue weighted by Gasteiger charge is 2.36. The third-order valence-corrected chi connectivity index (χ3v) is 7.29. The van der Waals surface area contributed by atoms with E-state index in [4.69, 9.17) is 0 Å². The molecular weight excluding hydrogens is 432 g/mol. The van der Waals surface area contributed by atoms with E-state index >= 15 is 0 Å². The second kappa shape index (κ2) is 9.72. The number of carbonyl (C=O) groups is 4. The van der Waals surface area contributed by atoms with Crippen LogP contribution in [0.2, 0.25) is 0 Å². The average molecular weight is 465 g/mol. The topological polar surface area (TPSA) is 109 Å². The molecule has 1 aliphatic carbocycles. The number of aliphatic hydroxyl groups is 2. The van der Waals surface area contributed by atoms with Gasteiger partial charge in [0, 0.05) is 22.3 Å². The van der Waals surface area contributed by atoms with E-state index in [2.05, 4.69) is 0 Å². The fraction of sp³-hybridized carbons (Fsp3) is 0.429. The molecule has 3 rings (SSSR count). The highest BCUT2D eigenvalue weighted by Crippen LogP contribution is 2.28. The predicted molar refractivity (Wildman–Crippen MR) is 129 cm³/mol. The Morgan fingerprint density at radius 2 is 1.00 bits per heavy atom. The molecular formula is C28H32O6. The van der Waals surface area contributed by atoms with E-state index in [-0.39, 0.29) is 47.9 Å². The lowest BCUT2D eigenvalue weighted by Crippen LogP contribution is -2.37. The molecule has 0 aliphatic heterocycles. The number of ketones is 4.